The van der Waals surface area contributed by atoms with Gasteiger partial charge in [0.15, 0.2) is 5.78 Å². The smallest absolute Gasteiger partial charge is 0.188 e. The van der Waals surface area contributed by atoms with Crippen molar-refractivity contribution in [3.05, 3.63) is 24.0 Å². The fraction of sp³-hybridized carbons (Fsp3) is 0.375. The number of ketones is 1. The zero-order valence-corrected chi connectivity index (χ0v) is 7.24. The highest BCUT2D eigenvalue weighted by Crippen LogP contribution is 2.03. The van der Waals surface area contributed by atoms with Crippen LogP contribution in [-0.2, 0) is 7.05 Å². The number of aryl methyl sites for hydroxylation is 1. The lowest BCUT2D eigenvalue weighted by Crippen LogP contribution is -2.01. The maximum absolute atomic E-state index is 11.3. The van der Waals surface area contributed by atoms with E-state index in [1.54, 1.807) is 7.05 Å². The predicted molar refractivity (Wildman–Crippen MR) is 44.8 cm³/mol. The van der Waals surface area contributed by atoms with Gasteiger partial charge in [0.2, 0.25) is 0 Å². The molecule has 0 bridgehead atoms. The van der Waals surface area contributed by atoms with Gasteiger partial charge in [0.05, 0.1) is 6.20 Å². The van der Waals surface area contributed by atoms with Gasteiger partial charge in [-0.15, -0.1) is 0 Å². The molecule has 0 aliphatic heterocycles. The summed E-state index contributed by atoms with van der Waals surface area (Å²) in [5.74, 6) is -0.0319. The Balaban J connectivity index is 2.72. The van der Waals surface area contributed by atoms with Crippen molar-refractivity contribution in [1.29, 1.82) is 0 Å². The largest absolute Gasteiger partial charge is 0.292 e. The molecule has 0 N–H and O–H groups in total. The summed E-state index contributed by atoms with van der Waals surface area (Å²) in [6.07, 6.45) is 1.81. The Morgan fingerprint density at radius 1 is 1.75 bits per heavy atom. The van der Waals surface area contributed by atoms with E-state index in [2.05, 4.69) is 16.8 Å². The molecule has 0 aliphatic carbocycles. The van der Waals surface area contributed by atoms with Gasteiger partial charge >= 0.3 is 0 Å². The van der Waals surface area contributed by atoms with Crippen LogP contribution in [0.25, 0.3) is 0 Å². The summed E-state index contributed by atoms with van der Waals surface area (Å²) >= 11 is 0. The van der Waals surface area contributed by atoms with Crippen molar-refractivity contribution in [3.63, 3.8) is 0 Å². The Labute approximate surface area is 70.9 Å². The van der Waals surface area contributed by atoms with E-state index in [0.29, 0.717) is 12.1 Å². The third kappa shape index (κ3) is 2.02. The van der Waals surface area contributed by atoms with Gasteiger partial charge in [0, 0.05) is 13.5 Å². The molecular formula is C8H11N3O. The van der Waals surface area contributed by atoms with Crippen molar-refractivity contribution in [1.82, 2.24) is 15.0 Å². The molecule has 0 spiro atoms. The molecule has 0 amide bonds. The SMILES string of the molecule is C=C(C)CC(=O)c1cnn(C)n1. The molecule has 1 aromatic heterocycles. The second-order valence-electron chi connectivity index (χ2n) is 2.78. The first-order chi connectivity index (χ1) is 5.59. The lowest BCUT2D eigenvalue weighted by Gasteiger charge is -1.93. The average molecular weight is 165 g/mol. The molecule has 12 heavy (non-hydrogen) atoms. The Morgan fingerprint density at radius 2 is 2.42 bits per heavy atom. The van der Waals surface area contributed by atoms with Crippen LogP contribution in [0.4, 0.5) is 0 Å². The summed E-state index contributed by atoms with van der Waals surface area (Å²) in [4.78, 5) is 12.7. The average Bonchev–Trinajstić information content (AvgIpc) is 2.34. The molecule has 4 heteroatoms. The number of nitrogens with zero attached hydrogens (tertiary/aromatic N) is 3. The molecule has 0 saturated carbocycles. The highest BCUT2D eigenvalue weighted by atomic mass is 16.1. The zero-order valence-electron chi connectivity index (χ0n) is 7.24. The maximum atomic E-state index is 11.3. The van der Waals surface area contributed by atoms with Crippen LogP contribution < -0.4 is 0 Å². The van der Waals surface area contributed by atoms with Crippen molar-refractivity contribution in [3.8, 4) is 0 Å². The van der Waals surface area contributed by atoms with Gasteiger partial charge in [-0.25, -0.2) is 0 Å². The van der Waals surface area contributed by atoms with E-state index < -0.39 is 0 Å². The Bertz CT molecular complexity index is 314. The molecular weight excluding hydrogens is 154 g/mol. The van der Waals surface area contributed by atoms with Gasteiger partial charge in [-0.2, -0.15) is 15.0 Å². The normalized spacial score (nSPS) is 9.83. The van der Waals surface area contributed by atoms with Gasteiger partial charge in [0.25, 0.3) is 0 Å². The second-order valence-corrected chi connectivity index (χ2v) is 2.78. The van der Waals surface area contributed by atoms with Crippen LogP contribution in [0.3, 0.4) is 0 Å². The summed E-state index contributed by atoms with van der Waals surface area (Å²) in [5.41, 5.74) is 1.24. The lowest BCUT2D eigenvalue weighted by molar-refractivity contribution is 0.0987. The summed E-state index contributed by atoms with van der Waals surface area (Å²) in [7, 11) is 1.68. The van der Waals surface area contributed by atoms with Crippen molar-refractivity contribution in [2.75, 3.05) is 0 Å². The minimum absolute atomic E-state index is 0.0319. The first-order valence-electron chi connectivity index (χ1n) is 3.63. The fourth-order valence-corrected chi connectivity index (χ4v) is 0.838. The summed E-state index contributed by atoms with van der Waals surface area (Å²) in [6.45, 7) is 5.47. The number of allylic oxidation sites excluding steroid dienone is 1. The van der Waals surface area contributed by atoms with Crippen LogP contribution in [0, 0.1) is 0 Å². The van der Waals surface area contributed by atoms with E-state index in [9.17, 15) is 4.79 Å². The van der Waals surface area contributed by atoms with Crippen LogP contribution >= 0.6 is 0 Å². The fourth-order valence-electron chi connectivity index (χ4n) is 0.838. The monoisotopic (exact) mass is 165 g/mol. The minimum atomic E-state index is -0.0319. The van der Waals surface area contributed by atoms with E-state index in [1.807, 2.05) is 6.92 Å². The molecule has 0 fully saturated rings. The number of hydrogen-bond acceptors (Lipinski definition) is 3. The number of hydrogen-bond donors (Lipinski definition) is 0. The number of rotatable bonds is 3. The number of carbonyl (C=O) groups is 1. The van der Waals surface area contributed by atoms with E-state index >= 15 is 0 Å². The first kappa shape index (κ1) is 8.64. The van der Waals surface area contributed by atoms with Crippen molar-refractivity contribution in [2.24, 2.45) is 7.05 Å². The van der Waals surface area contributed by atoms with Crippen LogP contribution in [0.5, 0.6) is 0 Å². The van der Waals surface area contributed by atoms with Crippen molar-refractivity contribution >= 4 is 5.78 Å². The summed E-state index contributed by atoms with van der Waals surface area (Å²) in [5, 5.41) is 7.68. The molecule has 0 radical (unpaired) electrons. The number of Topliss-reactive ketones (excluding diaryl/α,β-unsaturated/α-hetero) is 1. The van der Waals surface area contributed by atoms with Gasteiger partial charge < -0.3 is 0 Å². The minimum Gasteiger partial charge on any atom is -0.292 e. The zero-order chi connectivity index (χ0) is 9.14. The number of aromatic nitrogens is 3. The van der Waals surface area contributed by atoms with E-state index in [4.69, 9.17) is 0 Å². The van der Waals surface area contributed by atoms with Gasteiger partial charge in [0.1, 0.15) is 5.69 Å². The van der Waals surface area contributed by atoms with Crippen LogP contribution in [-0.4, -0.2) is 20.8 Å². The van der Waals surface area contributed by atoms with Gasteiger partial charge in [-0.3, -0.25) is 4.79 Å². The van der Waals surface area contributed by atoms with E-state index in [-0.39, 0.29) is 5.78 Å². The molecule has 1 rings (SSSR count). The molecule has 64 valence electrons. The molecule has 4 nitrogen and oxygen atoms in total. The summed E-state index contributed by atoms with van der Waals surface area (Å²) in [6, 6.07) is 0. The first-order valence-corrected chi connectivity index (χ1v) is 3.63. The molecule has 1 heterocycles. The van der Waals surface area contributed by atoms with E-state index in [1.165, 1.54) is 11.0 Å². The van der Waals surface area contributed by atoms with Crippen molar-refractivity contribution < 1.29 is 4.79 Å². The standard InChI is InChI=1S/C8H11N3O/c1-6(2)4-8(12)7-5-9-11(3)10-7/h5H,1,4H2,2-3H3. The Kier molecular flexibility index (Phi) is 2.38. The molecule has 1 aromatic rings. The predicted octanol–water partition coefficient (Wildman–Crippen LogP) is 0.964. The van der Waals surface area contributed by atoms with Gasteiger partial charge in [-0.05, 0) is 6.92 Å². The maximum Gasteiger partial charge on any atom is 0.188 e. The molecule has 0 atom stereocenters. The Hall–Kier alpha value is -1.45. The van der Waals surface area contributed by atoms with Crippen molar-refractivity contribution in [2.45, 2.75) is 13.3 Å². The highest BCUT2D eigenvalue weighted by Gasteiger charge is 2.08. The highest BCUT2D eigenvalue weighted by molar-refractivity contribution is 5.95. The molecule has 0 saturated heterocycles. The van der Waals surface area contributed by atoms with E-state index in [0.717, 1.165) is 5.57 Å². The summed E-state index contributed by atoms with van der Waals surface area (Å²) < 4.78 is 0. The number of carbonyl (C=O) groups excluding carboxylic acids is 1. The molecule has 0 aromatic carbocycles. The Morgan fingerprint density at radius 3 is 2.83 bits per heavy atom. The van der Waals surface area contributed by atoms with Crippen LogP contribution in [0.15, 0.2) is 18.3 Å². The molecule has 0 unspecified atom stereocenters. The third-order valence-corrected chi connectivity index (χ3v) is 1.35. The topological polar surface area (TPSA) is 47.8 Å². The quantitative estimate of drug-likeness (QED) is 0.495. The third-order valence-electron chi connectivity index (χ3n) is 1.35. The molecule has 0 aliphatic rings. The van der Waals surface area contributed by atoms with Crippen LogP contribution in [0.1, 0.15) is 23.8 Å². The lowest BCUT2D eigenvalue weighted by atomic mass is 10.1. The second kappa shape index (κ2) is 3.30. The van der Waals surface area contributed by atoms with Crippen LogP contribution in [0.2, 0.25) is 0 Å². The van der Waals surface area contributed by atoms with Gasteiger partial charge in [-0.1, -0.05) is 12.2 Å².